The molecule has 0 fully saturated rings. The maximum absolute atomic E-state index is 11.9. The molecular weight excluding hydrogens is 316 g/mol. The van der Waals surface area contributed by atoms with Crippen molar-refractivity contribution in [2.75, 3.05) is 6.61 Å². The highest BCUT2D eigenvalue weighted by atomic mass is 16.5. The first-order chi connectivity index (χ1) is 12.0. The second-order valence-electron chi connectivity index (χ2n) is 5.92. The summed E-state index contributed by atoms with van der Waals surface area (Å²) in [6, 6.07) is 14.6. The number of ether oxygens (including phenoxy) is 1. The van der Waals surface area contributed by atoms with Crippen molar-refractivity contribution >= 4 is 11.6 Å². The molecule has 1 amide bonds. The predicted octanol–water partition coefficient (Wildman–Crippen LogP) is 3.82. The van der Waals surface area contributed by atoms with E-state index in [1.807, 2.05) is 24.3 Å². The molecule has 132 valence electrons. The molecule has 2 rings (SSSR count). The maximum atomic E-state index is 11.9. The van der Waals surface area contributed by atoms with Gasteiger partial charge in [0.1, 0.15) is 11.5 Å². The van der Waals surface area contributed by atoms with Gasteiger partial charge in [-0.2, -0.15) is 5.10 Å². The Labute approximate surface area is 148 Å². The number of hydrogen-bond donors (Lipinski definition) is 2. The van der Waals surface area contributed by atoms with E-state index in [1.165, 1.54) is 5.56 Å². The van der Waals surface area contributed by atoms with Crippen molar-refractivity contribution in [1.29, 1.82) is 0 Å². The summed E-state index contributed by atoms with van der Waals surface area (Å²) in [6.45, 7) is 5.91. The van der Waals surface area contributed by atoms with Crippen molar-refractivity contribution in [2.45, 2.75) is 33.1 Å². The number of phenols is 1. The van der Waals surface area contributed by atoms with Gasteiger partial charge in [0.05, 0.1) is 5.71 Å². The fraction of sp³-hybridized carbons (Fsp3) is 0.300. The fourth-order valence-corrected chi connectivity index (χ4v) is 2.30. The number of amides is 1. The molecule has 25 heavy (non-hydrogen) atoms. The average Bonchev–Trinajstić information content (AvgIpc) is 2.64. The second kappa shape index (κ2) is 8.87. The molecule has 0 spiro atoms. The number of nitrogens with one attached hydrogen (secondary N) is 1. The molecule has 2 N–H and O–H groups in total. The van der Waals surface area contributed by atoms with E-state index in [4.69, 9.17) is 4.74 Å². The van der Waals surface area contributed by atoms with Crippen molar-refractivity contribution in [3.8, 4) is 11.5 Å². The molecule has 0 aliphatic carbocycles. The average molecular weight is 340 g/mol. The van der Waals surface area contributed by atoms with Crippen molar-refractivity contribution in [1.82, 2.24) is 5.43 Å². The van der Waals surface area contributed by atoms with Crippen LogP contribution >= 0.6 is 0 Å². The van der Waals surface area contributed by atoms with Crippen molar-refractivity contribution < 1.29 is 14.6 Å². The summed E-state index contributed by atoms with van der Waals surface area (Å²) < 4.78 is 5.47. The number of para-hydroxylation sites is 1. The molecule has 1 atom stereocenters. The third-order valence-electron chi connectivity index (χ3n) is 4.07. The van der Waals surface area contributed by atoms with Gasteiger partial charge in [-0.15, -0.1) is 0 Å². The molecule has 0 aromatic heterocycles. The Morgan fingerprint density at radius 3 is 2.52 bits per heavy atom. The molecule has 5 nitrogen and oxygen atoms in total. The van der Waals surface area contributed by atoms with Gasteiger partial charge < -0.3 is 9.84 Å². The number of carbonyl (C=O) groups excluding carboxylic acids is 1. The molecule has 0 aliphatic heterocycles. The number of nitrogens with zero attached hydrogens (tertiary/aromatic N) is 1. The van der Waals surface area contributed by atoms with E-state index in [-0.39, 0.29) is 18.3 Å². The molecule has 1 unspecified atom stereocenters. The highest BCUT2D eigenvalue weighted by Crippen LogP contribution is 2.21. The van der Waals surface area contributed by atoms with Crippen LogP contribution in [0.15, 0.2) is 53.6 Å². The van der Waals surface area contributed by atoms with E-state index >= 15 is 0 Å². The van der Waals surface area contributed by atoms with Crippen LogP contribution in [0.3, 0.4) is 0 Å². The van der Waals surface area contributed by atoms with Crippen LogP contribution in [0.2, 0.25) is 0 Å². The number of phenolic OH excluding ortho intramolecular Hbond substituents is 1. The van der Waals surface area contributed by atoms with Gasteiger partial charge in [0.25, 0.3) is 5.91 Å². The lowest BCUT2D eigenvalue weighted by Gasteiger charge is -2.10. The van der Waals surface area contributed by atoms with Crippen LogP contribution in [0.25, 0.3) is 0 Å². The minimum atomic E-state index is -0.360. The topological polar surface area (TPSA) is 70.9 Å². The highest BCUT2D eigenvalue weighted by molar-refractivity contribution is 6.01. The second-order valence-corrected chi connectivity index (χ2v) is 5.92. The highest BCUT2D eigenvalue weighted by Gasteiger charge is 2.06. The van der Waals surface area contributed by atoms with Crippen molar-refractivity contribution in [2.24, 2.45) is 5.10 Å². The van der Waals surface area contributed by atoms with Crippen molar-refractivity contribution in [3.63, 3.8) is 0 Å². The summed E-state index contributed by atoms with van der Waals surface area (Å²) in [6.07, 6.45) is 1.08. The summed E-state index contributed by atoms with van der Waals surface area (Å²) in [5, 5.41) is 13.8. The quantitative estimate of drug-likeness (QED) is 0.594. The van der Waals surface area contributed by atoms with Gasteiger partial charge in [-0.05, 0) is 49.1 Å². The Morgan fingerprint density at radius 1 is 1.20 bits per heavy atom. The number of benzene rings is 2. The summed E-state index contributed by atoms with van der Waals surface area (Å²) in [4.78, 5) is 11.9. The number of rotatable bonds is 7. The fourth-order valence-electron chi connectivity index (χ4n) is 2.30. The molecule has 0 radical (unpaired) electrons. The molecule has 0 saturated carbocycles. The lowest BCUT2D eigenvalue weighted by Crippen LogP contribution is -2.25. The SMILES string of the molecule is CCC(C)c1ccc(OCC(=O)N/N=C(\C)c2ccccc2O)cc1. The Kier molecular flexibility index (Phi) is 6.57. The lowest BCUT2D eigenvalue weighted by molar-refractivity contribution is -0.123. The van der Waals surface area contributed by atoms with E-state index in [2.05, 4.69) is 24.4 Å². The van der Waals surface area contributed by atoms with Gasteiger partial charge in [-0.25, -0.2) is 5.43 Å². The first-order valence-electron chi connectivity index (χ1n) is 8.35. The number of aromatic hydroxyl groups is 1. The van der Waals surface area contributed by atoms with Crippen LogP contribution in [0, 0.1) is 0 Å². The van der Waals surface area contributed by atoms with Gasteiger partial charge in [0.15, 0.2) is 6.61 Å². The zero-order valence-electron chi connectivity index (χ0n) is 14.8. The Balaban J connectivity index is 1.86. The molecule has 0 aliphatic rings. The van der Waals surface area contributed by atoms with Gasteiger partial charge in [-0.3, -0.25) is 4.79 Å². The molecule has 2 aromatic carbocycles. The van der Waals surface area contributed by atoms with Gasteiger partial charge >= 0.3 is 0 Å². The van der Waals surface area contributed by atoms with Gasteiger partial charge in [0, 0.05) is 5.56 Å². The zero-order valence-corrected chi connectivity index (χ0v) is 14.8. The first kappa shape index (κ1) is 18.5. The third-order valence-corrected chi connectivity index (χ3v) is 4.07. The maximum Gasteiger partial charge on any atom is 0.277 e. The summed E-state index contributed by atoms with van der Waals surface area (Å²) >= 11 is 0. The Morgan fingerprint density at radius 2 is 1.88 bits per heavy atom. The smallest absolute Gasteiger partial charge is 0.277 e. The van der Waals surface area contributed by atoms with E-state index in [0.29, 0.717) is 22.9 Å². The summed E-state index contributed by atoms with van der Waals surface area (Å²) in [5.74, 6) is 0.907. The van der Waals surface area contributed by atoms with Gasteiger partial charge in [0.2, 0.25) is 0 Å². The largest absolute Gasteiger partial charge is 0.507 e. The van der Waals surface area contributed by atoms with E-state index in [1.54, 1.807) is 31.2 Å². The van der Waals surface area contributed by atoms with Crippen LogP contribution in [0.4, 0.5) is 0 Å². The van der Waals surface area contributed by atoms with Crippen LogP contribution in [0.5, 0.6) is 11.5 Å². The molecule has 0 saturated heterocycles. The summed E-state index contributed by atoms with van der Waals surface area (Å²) in [7, 11) is 0. The number of hydrogen-bond acceptors (Lipinski definition) is 4. The molecule has 5 heteroatoms. The minimum Gasteiger partial charge on any atom is -0.507 e. The molecule has 0 bridgehead atoms. The summed E-state index contributed by atoms with van der Waals surface area (Å²) in [5.41, 5.74) is 4.77. The third kappa shape index (κ3) is 5.35. The Bertz CT molecular complexity index is 739. The zero-order chi connectivity index (χ0) is 18.2. The van der Waals surface area contributed by atoms with Crippen LogP contribution in [0.1, 0.15) is 44.2 Å². The van der Waals surface area contributed by atoms with Crippen LogP contribution < -0.4 is 10.2 Å². The van der Waals surface area contributed by atoms with E-state index < -0.39 is 0 Å². The van der Waals surface area contributed by atoms with Crippen LogP contribution in [-0.4, -0.2) is 23.3 Å². The normalized spacial score (nSPS) is 12.5. The van der Waals surface area contributed by atoms with E-state index in [9.17, 15) is 9.90 Å². The predicted molar refractivity (Wildman–Crippen MR) is 99.1 cm³/mol. The standard InChI is InChI=1S/C20H24N2O3/c1-4-14(2)16-9-11-17(12-10-16)25-13-20(24)22-21-15(3)18-7-5-6-8-19(18)23/h5-12,14,23H,4,13H2,1-3H3,(H,22,24)/b21-15+. The molecular formula is C20H24N2O3. The van der Waals surface area contributed by atoms with E-state index in [0.717, 1.165) is 6.42 Å². The van der Waals surface area contributed by atoms with Crippen molar-refractivity contribution in [3.05, 3.63) is 59.7 Å². The molecule has 2 aromatic rings. The monoisotopic (exact) mass is 340 g/mol. The Hall–Kier alpha value is -2.82. The number of hydrazone groups is 1. The number of carbonyl (C=O) groups is 1. The first-order valence-corrected chi connectivity index (χ1v) is 8.35. The lowest BCUT2D eigenvalue weighted by atomic mass is 9.99. The molecule has 0 heterocycles. The minimum absolute atomic E-state index is 0.121. The van der Waals surface area contributed by atoms with Gasteiger partial charge in [-0.1, -0.05) is 38.1 Å². The van der Waals surface area contributed by atoms with Crippen LogP contribution in [-0.2, 0) is 4.79 Å².